The Kier molecular flexibility index (Phi) is 6.91. The number of fused-ring (bicyclic) bond motifs is 1. The van der Waals surface area contributed by atoms with Crippen LogP contribution in [0.1, 0.15) is 59.8 Å². The minimum atomic E-state index is -0.720. The molecule has 3 rings (SSSR count). The monoisotopic (exact) mass is 416 g/mol. The molecule has 0 unspecified atom stereocenters. The lowest BCUT2D eigenvalue weighted by molar-refractivity contribution is -0.163. The van der Waals surface area contributed by atoms with E-state index in [4.69, 9.17) is 9.47 Å². The van der Waals surface area contributed by atoms with Gasteiger partial charge in [0.2, 0.25) is 0 Å². The summed E-state index contributed by atoms with van der Waals surface area (Å²) < 4.78 is 11.5. The van der Waals surface area contributed by atoms with Gasteiger partial charge in [0.25, 0.3) is 0 Å². The second-order valence-electron chi connectivity index (χ2n) is 9.94. The third kappa shape index (κ3) is 5.05. The SMILES string of the molecule is C=CC(C)(C)C(=O)O[C@@H]1C[C@H](C)C=C2C=C[C@@H](C)[C@@H](CC[C@H]3C[C@H](O)CC(=O)O3)[C@@H]21. The van der Waals surface area contributed by atoms with Crippen LogP contribution in [0.15, 0.2) is 36.5 Å². The fraction of sp³-hybridized carbons (Fsp3) is 0.680. The van der Waals surface area contributed by atoms with Crippen molar-refractivity contribution < 1.29 is 24.2 Å². The van der Waals surface area contributed by atoms with Crippen molar-refractivity contribution >= 4 is 11.9 Å². The van der Waals surface area contributed by atoms with Gasteiger partial charge < -0.3 is 14.6 Å². The van der Waals surface area contributed by atoms with E-state index in [2.05, 4.69) is 38.7 Å². The Bertz CT molecular complexity index is 734. The summed E-state index contributed by atoms with van der Waals surface area (Å²) in [5.41, 5.74) is 0.523. The number of allylic oxidation sites excluding steroid dienone is 3. The van der Waals surface area contributed by atoms with E-state index in [1.54, 1.807) is 6.08 Å². The molecule has 1 fully saturated rings. The molecule has 0 saturated carbocycles. The van der Waals surface area contributed by atoms with Crippen molar-refractivity contribution in [2.24, 2.45) is 29.1 Å². The molecule has 3 aliphatic rings. The molecule has 0 bridgehead atoms. The Labute approximate surface area is 180 Å². The smallest absolute Gasteiger partial charge is 0.315 e. The van der Waals surface area contributed by atoms with E-state index >= 15 is 0 Å². The van der Waals surface area contributed by atoms with Gasteiger partial charge in [-0.2, -0.15) is 0 Å². The number of rotatable bonds is 6. The van der Waals surface area contributed by atoms with E-state index in [1.165, 1.54) is 5.57 Å². The Morgan fingerprint density at radius 3 is 2.73 bits per heavy atom. The summed E-state index contributed by atoms with van der Waals surface area (Å²) in [6, 6.07) is 0. The van der Waals surface area contributed by atoms with Crippen molar-refractivity contribution in [3.05, 3.63) is 36.5 Å². The molecular weight excluding hydrogens is 380 g/mol. The zero-order chi connectivity index (χ0) is 22.1. The fourth-order valence-electron chi connectivity index (χ4n) is 5.01. The summed E-state index contributed by atoms with van der Waals surface area (Å²) in [5, 5.41) is 9.91. The van der Waals surface area contributed by atoms with Gasteiger partial charge in [-0.15, -0.1) is 6.58 Å². The molecule has 7 atom stereocenters. The Morgan fingerprint density at radius 1 is 1.33 bits per heavy atom. The number of carbonyl (C=O) groups is 2. The summed E-state index contributed by atoms with van der Waals surface area (Å²) in [5.74, 6) is 0.542. The third-order valence-corrected chi connectivity index (χ3v) is 6.95. The standard InChI is InChI=1S/C25H36O5/c1-6-25(4,5)24(28)30-21-12-15(2)11-17-8-7-16(3)20(23(17)21)10-9-19-13-18(26)14-22(27)29-19/h6-8,11,15-16,18-21,23,26H,1,9-10,12-14H2,2-5H3/t15-,16-,18+,19+,20-,21-,23-/m1/s1. The van der Waals surface area contributed by atoms with Crippen molar-refractivity contribution in [1.82, 2.24) is 0 Å². The van der Waals surface area contributed by atoms with Gasteiger partial charge in [0, 0.05) is 12.3 Å². The highest BCUT2D eigenvalue weighted by Gasteiger charge is 2.43. The van der Waals surface area contributed by atoms with Gasteiger partial charge in [0.05, 0.1) is 17.9 Å². The van der Waals surface area contributed by atoms with Crippen LogP contribution in [0.25, 0.3) is 0 Å². The van der Waals surface area contributed by atoms with E-state index in [1.807, 2.05) is 13.8 Å². The topological polar surface area (TPSA) is 72.8 Å². The van der Waals surface area contributed by atoms with Gasteiger partial charge in [-0.1, -0.05) is 38.2 Å². The van der Waals surface area contributed by atoms with Crippen molar-refractivity contribution in [3.63, 3.8) is 0 Å². The number of hydrogen-bond acceptors (Lipinski definition) is 5. The lowest BCUT2D eigenvalue weighted by Crippen LogP contribution is -2.43. The lowest BCUT2D eigenvalue weighted by Gasteiger charge is -2.44. The summed E-state index contributed by atoms with van der Waals surface area (Å²) in [4.78, 5) is 24.5. The van der Waals surface area contributed by atoms with Crippen molar-refractivity contribution in [2.75, 3.05) is 0 Å². The lowest BCUT2D eigenvalue weighted by atomic mass is 9.65. The van der Waals surface area contributed by atoms with Crippen molar-refractivity contribution in [1.29, 1.82) is 0 Å². The van der Waals surface area contributed by atoms with Gasteiger partial charge in [0.15, 0.2) is 0 Å². The molecule has 0 aromatic carbocycles. The van der Waals surface area contributed by atoms with Crippen LogP contribution in [-0.4, -0.2) is 35.4 Å². The first-order chi connectivity index (χ1) is 14.1. The molecular formula is C25H36O5. The number of ether oxygens (including phenoxy) is 2. The summed E-state index contributed by atoms with van der Waals surface area (Å²) in [7, 11) is 0. The van der Waals surface area contributed by atoms with E-state index in [-0.39, 0.29) is 42.4 Å². The number of aliphatic hydroxyl groups excluding tert-OH is 1. The molecule has 0 radical (unpaired) electrons. The largest absolute Gasteiger partial charge is 0.462 e. The molecule has 1 aliphatic heterocycles. The Morgan fingerprint density at radius 2 is 2.07 bits per heavy atom. The van der Waals surface area contributed by atoms with Crippen molar-refractivity contribution in [3.8, 4) is 0 Å². The van der Waals surface area contributed by atoms with Crippen LogP contribution in [0.5, 0.6) is 0 Å². The molecule has 0 spiro atoms. The molecule has 5 heteroatoms. The maximum Gasteiger partial charge on any atom is 0.315 e. The Balaban J connectivity index is 1.77. The highest BCUT2D eigenvalue weighted by molar-refractivity contribution is 5.78. The van der Waals surface area contributed by atoms with Crippen LogP contribution in [0, 0.1) is 29.1 Å². The highest BCUT2D eigenvalue weighted by atomic mass is 16.6. The van der Waals surface area contributed by atoms with Gasteiger partial charge in [0.1, 0.15) is 12.2 Å². The molecule has 166 valence electrons. The predicted octanol–water partition coefficient (Wildman–Crippen LogP) is 4.36. The second kappa shape index (κ2) is 9.09. The molecule has 2 aliphatic carbocycles. The van der Waals surface area contributed by atoms with Crippen LogP contribution < -0.4 is 0 Å². The van der Waals surface area contributed by atoms with Gasteiger partial charge in [-0.05, 0) is 56.4 Å². The molecule has 30 heavy (non-hydrogen) atoms. The van der Waals surface area contributed by atoms with Crippen LogP contribution in [0.3, 0.4) is 0 Å². The number of cyclic esters (lactones) is 1. The van der Waals surface area contributed by atoms with Gasteiger partial charge >= 0.3 is 11.9 Å². The second-order valence-corrected chi connectivity index (χ2v) is 9.94. The number of hydrogen-bond donors (Lipinski definition) is 1. The summed E-state index contributed by atoms with van der Waals surface area (Å²) in [6.45, 7) is 11.8. The third-order valence-electron chi connectivity index (χ3n) is 6.95. The normalized spacial score (nSPS) is 36.4. The number of esters is 2. The van der Waals surface area contributed by atoms with E-state index in [9.17, 15) is 14.7 Å². The van der Waals surface area contributed by atoms with Crippen LogP contribution >= 0.6 is 0 Å². The molecule has 1 saturated heterocycles. The van der Waals surface area contributed by atoms with E-state index in [0.717, 1.165) is 12.8 Å². The van der Waals surface area contributed by atoms with Crippen LogP contribution in [0.4, 0.5) is 0 Å². The van der Waals surface area contributed by atoms with Crippen molar-refractivity contribution in [2.45, 2.75) is 78.1 Å². The predicted molar refractivity (Wildman–Crippen MR) is 115 cm³/mol. The average molecular weight is 417 g/mol. The van der Waals surface area contributed by atoms with Crippen LogP contribution in [-0.2, 0) is 19.1 Å². The quantitative estimate of drug-likeness (QED) is 0.514. The first-order valence-electron chi connectivity index (χ1n) is 11.2. The van der Waals surface area contributed by atoms with Gasteiger partial charge in [-0.25, -0.2) is 0 Å². The van der Waals surface area contributed by atoms with E-state index in [0.29, 0.717) is 24.7 Å². The first-order valence-corrected chi connectivity index (χ1v) is 11.2. The molecule has 0 aromatic rings. The molecule has 1 heterocycles. The zero-order valence-electron chi connectivity index (χ0n) is 18.7. The first kappa shape index (κ1) is 22.8. The molecule has 5 nitrogen and oxygen atoms in total. The number of aliphatic hydroxyl groups is 1. The molecule has 0 amide bonds. The fourth-order valence-corrected chi connectivity index (χ4v) is 5.01. The maximum absolute atomic E-state index is 12.8. The van der Waals surface area contributed by atoms with Gasteiger partial charge in [-0.3, -0.25) is 9.59 Å². The highest BCUT2D eigenvalue weighted by Crippen LogP contribution is 2.45. The summed E-state index contributed by atoms with van der Waals surface area (Å²) in [6.07, 6.45) is 10.3. The zero-order valence-corrected chi connectivity index (χ0v) is 18.7. The molecule has 1 N–H and O–H groups in total. The minimum Gasteiger partial charge on any atom is -0.462 e. The summed E-state index contributed by atoms with van der Waals surface area (Å²) >= 11 is 0. The Hall–Kier alpha value is -1.88. The maximum atomic E-state index is 12.8. The van der Waals surface area contributed by atoms with E-state index < -0.39 is 11.5 Å². The van der Waals surface area contributed by atoms with Crippen LogP contribution in [0.2, 0.25) is 0 Å². The average Bonchev–Trinajstić information content (AvgIpc) is 2.66. The molecule has 0 aromatic heterocycles. The minimum absolute atomic E-state index is 0.0869. The number of carbonyl (C=O) groups excluding carboxylic acids is 2.